The summed E-state index contributed by atoms with van der Waals surface area (Å²) in [6.07, 6.45) is 1.67. The molecule has 134 valence electrons. The van der Waals surface area contributed by atoms with Gasteiger partial charge in [-0.2, -0.15) is 0 Å². The Labute approximate surface area is 144 Å². The number of likely N-dealkylation sites (tertiary alicyclic amines) is 1. The fourth-order valence-corrected chi connectivity index (χ4v) is 4.48. The second-order valence-electron chi connectivity index (χ2n) is 7.68. The maximum atomic E-state index is 6.19. The largest absolute Gasteiger partial charge is 0.465 e. The van der Waals surface area contributed by atoms with Crippen molar-refractivity contribution in [1.82, 2.24) is 9.80 Å². The van der Waals surface area contributed by atoms with Gasteiger partial charge in [-0.3, -0.25) is 9.80 Å². The predicted molar refractivity (Wildman–Crippen MR) is 92.1 cm³/mol. The van der Waals surface area contributed by atoms with Gasteiger partial charge < -0.3 is 13.9 Å². The van der Waals surface area contributed by atoms with Gasteiger partial charge in [-0.15, -0.1) is 0 Å². The zero-order valence-corrected chi connectivity index (χ0v) is 15.0. The van der Waals surface area contributed by atoms with Crippen molar-refractivity contribution >= 4 is 0 Å². The highest BCUT2D eigenvalue weighted by atomic mass is 16.5. The summed E-state index contributed by atoms with van der Waals surface area (Å²) in [4.78, 5) is 5.05. The van der Waals surface area contributed by atoms with Crippen LogP contribution in [0.4, 0.5) is 0 Å². The quantitative estimate of drug-likeness (QED) is 0.843. The molecule has 4 rings (SSSR count). The molecule has 1 aromatic rings. The van der Waals surface area contributed by atoms with Crippen LogP contribution in [0.15, 0.2) is 10.5 Å². The zero-order chi connectivity index (χ0) is 16.5. The number of morpholine rings is 1. The van der Waals surface area contributed by atoms with Crippen molar-refractivity contribution < 1.29 is 13.9 Å². The molecule has 3 atom stereocenters. The van der Waals surface area contributed by atoms with Gasteiger partial charge in [0.05, 0.1) is 32.5 Å². The number of hydrogen-bond acceptors (Lipinski definition) is 5. The molecule has 0 aromatic carbocycles. The van der Waals surface area contributed by atoms with E-state index in [9.17, 15) is 0 Å². The van der Waals surface area contributed by atoms with E-state index in [0.717, 1.165) is 76.5 Å². The highest BCUT2D eigenvalue weighted by molar-refractivity contribution is 5.18. The summed E-state index contributed by atoms with van der Waals surface area (Å²) in [6.45, 7) is 13.3. The van der Waals surface area contributed by atoms with Gasteiger partial charge in [-0.25, -0.2) is 0 Å². The first-order valence-electron chi connectivity index (χ1n) is 9.39. The zero-order valence-electron chi connectivity index (χ0n) is 15.0. The van der Waals surface area contributed by atoms with Crippen molar-refractivity contribution in [1.29, 1.82) is 0 Å². The number of rotatable bonds is 4. The summed E-state index contributed by atoms with van der Waals surface area (Å²) in [6, 6.07) is 2.19. The number of ether oxygens (including phenoxy) is 2. The molecule has 0 unspecified atom stereocenters. The lowest BCUT2D eigenvalue weighted by molar-refractivity contribution is -0.00276. The maximum Gasteiger partial charge on any atom is 0.118 e. The summed E-state index contributed by atoms with van der Waals surface area (Å²) in [7, 11) is 0. The van der Waals surface area contributed by atoms with Crippen LogP contribution < -0.4 is 0 Å². The molecule has 3 fully saturated rings. The molecule has 4 heterocycles. The Bertz CT molecular complexity index is 533. The van der Waals surface area contributed by atoms with E-state index in [-0.39, 0.29) is 0 Å². The molecule has 0 saturated carbocycles. The van der Waals surface area contributed by atoms with Crippen molar-refractivity contribution in [2.75, 3.05) is 52.5 Å². The molecule has 1 aromatic heterocycles. The lowest BCUT2D eigenvalue weighted by Crippen LogP contribution is -2.45. The predicted octanol–water partition coefficient (Wildman–Crippen LogP) is 2.07. The van der Waals surface area contributed by atoms with E-state index < -0.39 is 0 Å². The molecule has 0 aliphatic carbocycles. The number of hydrogen-bond donors (Lipinski definition) is 0. The Kier molecular flexibility index (Phi) is 4.95. The van der Waals surface area contributed by atoms with Crippen LogP contribution in [0.25, 0.3) is 0 Å². The third kappa shape index (κ3) is 3.54. The summed E-state index contributed by atoms with van der Waals surface area (Å²) >= 11 is 0. The highest BCUT2D eigenvalue weighted by Crippen LogP contribution is 2.35. The lowest BCUT2D eigenvalue weighted by Gasteiger charge is -2.36. The van der Waals surface area contributed by atoms with Gasteiger partial charge in [0.15, 0.2) is 0 Å². The van der Waals surface area contributed by atoms with Gasteiger partial charge in [0.2, 0.25) is 0 Å². The van der Waals surface area contributed by atoms with Crippen molar-refractivity contribution in [3.63, 3.8) is 0 Å². The van der Waals surface area contributed by atoms with E-state index in [1.807, 2.05) is 6.92 Å². The highest BCUT2D eigenvalue weighted by Gasteiger charge is 2.41. The smallest absolute Gasteiger partial charge is 0.118 e. The molecule has 5 heteroatoms. The van der Waals surface area contributed by atoms with Crippen LogP contribution in [0, 0.1) is 25.7 Å². The summed E-state index contributed by atoms with van der Waals surface area (Å²) < 4.78 is 17.5. The van der Waals surface area contributed by atoms with Crippen LogP contribution >= 0.6 is 0 Å². The van der Waals surface area contributed by atoms with Crippen LogP contribution in [-0.2, 0) is 16.0 Å². The third-order valence-corrected chi connectivity index (χ3v) is 6.02. The number of piperidine rings is 1. The van der Waals surface area contributed by atoms with E-state index in [2.05, 4.69) is 22.8 Å². The normalized spacial score (nSPS) is 32.2. The monoisotopic (exact) mass is 334 g/mol. The minimum absolute atomic E-state index is 0.420. The average Bonchev–Trinajstić information content (AvgIpc) is 3.12. The molecule has 3 saturated heterocycles. The molecule has 0 bridgehead atoms. The Balaban J connectivity index is 1.30. The molecule has 0 spiro atoms. The standard InChI is InChI=1S/C19H30N2O3/c1-14-9-17(24-15(14)2)11-21-4-3-18-16(10-21)13-23-19(18)12-20-5-7-22-8-6-20/h9,16,18-19H,3-8,10-13H2,1-2H3/t16-,18-,19+/m0/s1. The molecule has 24 heavy (non-hydrogen) atoms. The SMILES string of the molecule is Cc1cc(CN2CC[C@H]3[C@H](CO[C@@H]3CN3CCOCC3)C2)oc1C. The topological polar surface area (TPSA) is 38.1 Å². The first-order chi connectivity index (χ1) is 11.7. The lowest BCUT2D eigenvalue weighted by atomic mass is 9.84. The van der Waals surface area contributed by atoms with Gasteiger partial charge in [-0.1, -0.05) is 0 Å². The maximum absolute atomic E-state index is 6.19. The Morgan fingerprint density at radius 3 is 2.71 bits per heavy atom. The summed E-state index contributed by atoms with van der Waals surface area (Å²) in [5.74, 6) is 3.56. The molecule has 0 N–H and O–H groups in total. The second kappa shape index (κ2) is 7.16. The Morgan fingerprint density at radius 2 is 1.96 bits per heavy atom. The number of furan rings is 1. The van der Waals surface area contributed by atoms with E-state index >= 15 is 0 Å². The van der Waals surface area contributed by atoms with E-state index in [4.69, 9.17) is 13.9 Å². The Morgan fingerprint density at radius 1 is 1.12 bits per heavy atom. The molecular weight excluding hydrogens is 304 g/mol. The van der Waals surface area contributed by atoms with Gasteiger partial charge in [0, 0.05) is 32.1 Å². The van der Waals surface area contributed by atoms with Crippen LogP contribution in [0.2, 0.25) is 0 Å². The molecule has 3 aliphatic heterocycles. The first kappa shape index (κ1) is 16.6. The van der Waals surface area contributed by atoms with E-state index in [1.165, 1.54) is 12.0 Å². The minimum Gasteiger partial charge on any atom is -0.465 e. The molecule has 5 nitrogen and oxygen atoms in total. The van der Waals surface area contributed by atoms with E-state index in [1.54, 1.807) is 0 Å². The van der Waals surface area contributed by atoms with Gasteiger partial charge in [-0.05, 0) is 44.4 Å². The van der Waals surface area contributed by atoms with Crippen molar-refractivity contribution in [3.05, 3.63) is 23.2 Å². The molecular formula is C19H30N2O3. The van der Waals surface area contributed by atoms with Crippen molar-refractivity contribution in [2.24, 2.45) is 11.8 Å². The van der Waals surface area contributed by atoms with Gasteiger partial charge in [0.1, 0.15) is 11.5 Å². The van der Waals surface area contributed by atoms with Crippen molar-refractivity contribution in [2.45, 2.75) is 32.9 Å². The van der Waals surface area contributed by atoms with Crippen LogP contribution in [0.1, 0.15) is 23.5 Å². The first-order valence-corrected chi connectivity index (χ1v) is 9.39. The second-order valence-corrected chi connectivity index (χ2v) is 7.68. The number of nitrogens with zero attached hydrogens (tertiary/aromatic N) is 2. The third-order valence-electron chi connectivity index (χ3n) is 6.02. The van der Waals surface area contributed by atoms with Crippen LogP contribution in [0.3, 0.4) is 0 Å². The molecule has 3 aliphatic rings. The van der Waals surface area contributed by atoms with Gasteiger partial charge in [0.25, 0.3) is 0 Å². The minimum atomic E-state index is 0.420. The van der Waals surface area contributed by atoms with E-state index in [0.29, 0.717) is 12.0 Å². The molecule has 0 amide bonds. The fraction of sp³-hybridized carbons (Fsp3) is 0.789. The number of fused-ring (bicyclic) bond motifs is 1. The fourth-order valence-electron chi connectivity index (χ4n) is 4.48. The number of aryl methyl sites for hydroxylation is 2. The summed E-state index contributed by atoms with van der Waals surface area (Å²) in [5.41, 5.74) is 1.26. The summed E-state index contributed by atoms with van der Waals surface area (Å²) in [5, 5.41) is 0. The molecule has 0 radical (unpaired) electrons. The van der Waals surface area contributed by atoms with Crippen LogP contribution in [-0.4, -0.2) is 68.4 Å². The van der Waals surface area contributed by atoms with Crippen molar-refractivity contribution in [3.8, 4) is 0 Å². The van der Waals surface area contributed by atoms with Gasteiger partial charge >= 0.3 is 0 Å². The Hall–Kier alpha value is -0.880. The average molecular weight is 334 g/mol. The van der Waals surface area contributed by atoms with Crippen LogP contribution in [0.5, 0.6) is 0 Å².